The maximum absolute atomic E-state index is 12.7. The first-order valence-corrected chi connectivity index (χ1v) is 11.9. The Morgan fingerprint density at radius 2 is 1.79 bits per heavy atom. The van der Waals surface area contributed by atoms with Crippen molar-refractivity contribution < 1.29 is 13.2 Å². The summed E-state index contributed by atoms with van der Waals surface area (Å²) in [6.45, 7) is 7.00. The van der Waals surface area contributed by atoms with Crippen LogP contribution in [0.5, 0.6) is 0 Å². The minimum Gasteiger partial charge on any atom is -0.293 e. The van der Waals surface area contributed by atoms with Gasteiger partial charge in [0.05, 0.1) is 10.3 Å². The van der Waals surface area contributed by atoms with Gasteiger partial charge in [-0.3, -0.25) is 4.79 Å². The van der Waals surface area contributed by atoms with Crippen LogP contribution in [0.4, 0.5) is 0 Å². The maximum Gasteiger partial charge on any atom is 0.244 e. The summed E-state index contributed by atoms with van der Waals surface area (Å²) in [5, 5.41) is 0.335. The van der Waals surface area contributed by atoms with E-state index in [0.717, 1.165) is 30.4 Å². The van der Waals surface area contributed by atoms with Gasteiger partial charge in [0.15, 0.2) is 5.78 Å². The zero-order valence-electron chi connectivity index (χ0n) is 16.5. The molecule has 2 heterocycles. The van der Waals surface area contributed by atoms with Crippen LogP contribution in [0, 0.1) is 13.8 Å². The van der Waals surface area contributed by atoms with Gasteiger partial charge >= 0.3 is 0 Å². The molecule has 1 saturated heterocycles. The van der Waals surface area contributed by atoms with Gasteiger partial charge in [0, 0.05) is 24.8 Å². The molecule has 1 fully saturated rings. The molecule has 28 heavy (non-hydrogen) atoms. The molecule has 1 aliphatic rings. The van der Waals surface area contributed by atoms with Gasteiger partial charge < -0.3 is 0 Å². The Hall–Kier alpha value is -1.70. The second-order valence-corrected chi connectivity index (χ2v) is 10.5. The van der Waals surface area contributed by atoms with E-state index >= 15 is 0 Å². The summed E-state index contributed by atoms with van der Waals surface area (Å²) in [7, 11) is -3.48. The summed E-state index contributed by atoms with van der Waals surface area (Å²) >= 11 is 1.34. The molecule has 150 valence electrons. The van der Waals surface area contributed by atoms with Gasteiger partial charge in [-0.15, -0.1) is 0 Å². The van der Waals surface area contributed by atoms with Crippen LogP contribution in [-0.2, 0) is 10.0 Å². The molecule has 5 nitrogen and oxygen atoms in total. The van der Waals surface area contributed by atoms with E-state index in [1.807, 2.05) is 39.0 Å². The number of hydrogen-bond donors (Lipinski definition) is 0. The lowest BCUT2D eigenvalue weighted by Crippen LogP contribution is -2.35. The van der Waals surface area contributed by atoms with Crippen molar-refractivity contribution in [1.82, 2.24) is 9.29 Å². The fourth-order valence-electron chi connectivity index (χ4n) is 3.21. The van der Waals surface area contributed by atoms with E-state index in [1.54, 1.807) is 12.1 Å². The molecule has 0 radical (unpaired) electrons. The van der Waals surface area contributed by atoms with E-state index in [2.05, 4.69) is 4.98 Å². The molecule has 2 aromatic rings. The number of Topliss-reactive ketones (excluding diaryl/α,β-unsaturated/α-hetero) is 1. The lowest BCUT2D eigenvalue weighted by Gasteiger charge is -2.25. The highest BCUT2D eigenvalue weighted by molar-refractivity contribution is 8.00. The first kappa shape index (κ1) is 21.0. The normalized spacial score (nSPS) is 16.7. The van der Waals surface area contributed by atoms with Gasteiger partial charge in [0.2, 0.25) is 10.0 Å². The number of sulfonamides is 1. The second kappa shape index (κ2) is 8.76. The minimum atomic E-state index is -3.48. The molecule has 0 amide bonds. The van der Waals surface area contributed by atoms with Crippen LogP contribution in [0.2, 0.25) is 0 Å². The Bertz CT molecular complexity index is 950. The molecule has 7 heteroatoms. The molecule has 1 aliphatic heterocycles. The van der Waals surface area contributed by atoms with Gasteiger partial charge in [-0.25, -0.2) is 13.4 Å². The van der Waals surface area contributed by atoms with E-state index in [4.69, 9.17) is 0 Å². The van der Waals surface area contributed by atoms with E-state index in [-0.39, 0.29) is 15.9 Å². The molecule has 0 aliphatic carbocycles. The standard InChI is InChI=1S/C21H26N2O3S2/c1-15-7-8-18(13-16(15)2)21(24)17(3)27-20-10-9-19(14-22-20)28(25,26)23-11-5-4-6-12-23/h7-10,13-14,17H,4-6,11-12H2,1-3H3/t17-/m0/s1. The number of piperidine rings is 1. The van der Waals surface area contributed by atoms with E-state index < -0.39 is 10.0 Å². The average Bonchev–Trinajstić information content (AvgIpc) is 2.70. The number of aromatic nitrogens is 1. The summed E-state index contributed by atoms with van der Waals surface area (Å²) in [4.78, 5) is 17.2. The Balaban J connectivity index is 1.69. The van der Waals surface area contributed by atoms with Crippen LogP contribution in [-0.4, -0.2) is 41.8 Å². The number of rotatable bonds is 6. The van der Waals surface area contributed by atoms with Gasteiger partial charge in [0.25, 0.3) is 0 Å². The van der Waals surface area contributed by atoms with E-state index in [1.165, 1.54) is 22.3 Å². The highest BCUT2D eigenvalue weighted by atomic mass is 32.2. The largest absolute Gasteiger partial charge is 0.293 e. The molecular formula is C21H26N2O3S2. The molecule has 1 atom stereocenters. The lowest BCUT2D eigenvalue weighted by atomic mass is 10.0. The summed E-state index contributed by atoms with van der Waals surface area (Å²) in [6, 6.07) is 9.00. The van der Waals surface area contributed by atoms with Gasteiger partial charge in [0.1, 0.15) is 4.90 Å². The first-order chi connectivity index (χ1) is 13.3. The molecule has 0 bridgehead atoms. The van der Waals surface area contributed by atoms with Crippen molar-refractivity contribution in [3.05, 3.63) is 53.2 Å². The number of carbonyl (C=O) groups excluding carboxylic acids is 1. The fourth-order valence-corrected chi connectivity index (χ4v) is 5.54. The Morgan fingerprint density at radius 1 is 1.07 bits per heavy atom. The predicted octanol–water partition coefficient (Wildman–Crippen LogP) is 4.24. The molecule has 3 rings (SSSR count). The third-order valence-corrected chi connectivity index (χ3v) is 8.05. The number of aryl methyl sites for hydroxylation is 2. The molecule has 0 saturated carbocycles. The Labute approximate surface area is 171 Å². The van der Waals surface area contributed by atoms with Crippen molar-refractivity contribution in [3.8, 4) is 0 Å². The van der Waals surface area contributed by atoms with Crippen molar-refractivity contribution in [2.75, 3.05) is 13.1 Å². The van der Waals surface area contributed by atoms with Gasteiger partial charge in [-0.05, 0) is 62.9 Å². The summed E-state index contributed by atoms with van der Waals surface area (Å²) in [5.41, 5.74) is 2.94. The van der Waals surface area contributed by atoms with E-state index in [9.17, 15) is 13.2 Å². The smallest absolute Gasteiger partial charge is 0.244 e. The monoisotopic (exact) mass is 418 g/mol. The number of benzene rings is 1. The number of pyridine rings is 1. The number of ketones is 1. The van der Waals surface area contributed by atoms with Crippen LogP contribution < -0.4 is 0 Å². The van der Waals surface area contributed by atoms with Gasteiger partial charge in [-0.1, -0.05) is 30.3 Å². The van der Waals surface area contributed by atoms with Crippen molar-refractivity contribution in [1.29, 1.82) is 0 Å². The molecule has 1 aromatic heterocycles. The van der Waals surface area contributed by atoms with Crippen molar-refractivity contribution in [2.24, 2.45) is 0 Å². The number of hydrogen-bond acceptors (Lipinski definition) is 5. The SMILES string of the molecule is Cc1ccc(C(=O)[C@H](C)Sc2ccc(S(=O)(=O)N3CCCCC3)cn2)cc1C. The molecule has 1 aromatic carbocycles. The van der Waals surface area contributed by atoms with Crippen molar-refractivity contribution in [3.63, 3.8) is 0 Å². The fraction of sp³-hybridized carbons (Fsp3) is 0.429. The second-order valence-electron chi connectivity index (χ2n) is 7.22. The number of nitrogens with zero attached hydrogens (tertiary/aromatic N) is 2. The van der Waals surface area contributed by atoms with Crippen LogP contribution in [0.15, 0.2) is 46.5 Å². The first-order valence-electron chi connectivity index (χ1n) is 9.53. The lowest BCUT2D eigenvalue weighted by molar-refractivity contribution is 0.0994. The predicted molar refractivity (Wildman–Crippen MR) is 112 cm³/mol. The minimum absolute atomic E-state index is 0.0416. The number of carbonyl (C=O) groups is 1. The topological polar surface area (TPSA) is 67.3 Å². The summed E-state index contributed by atoms with van der Waals surface area (Å²) < 4.78 is 26.9. The van der Waals surface area contributed by atoms with Crippen molar-refractivity contribution in [2.45, 2.75) is 55.2 Å². The highest BCUT2D eigenvalue weighted by Crippen LogP contribution is 2.26. The van der Waals surface area contributed by atoms with Crippen LogP contribution in [0.3, 0.4) is 0 Å². The van der Waals surface area contributed by atoms with Crippen molar-refractivity contribution >= 4 is 27.6 Å². The third kappa shape index (κ3) is 4.64. The average molecular weight is 419 g/mol. The molecule has 0 unspecified atom stereocenters. The van der Waals surface area contributed by atoms with Crippen LogP contribution in [0.25, 0.3) is 0 Å². The highest BCUT2D eigenvalue weighted by Gasteiger charge is 2.26. The third-order valence-electron chi connectivity index (χ3n) is 5.12. The van der Waals surface area contributed by atoms with Crippen LogP contribution >= 0.6 is 11.8 Å². The quantitative estimate of drug-likeness (QED) is 0.519. The Morgan fingerprint density at radius 3 is 2.39 bits per heavy atom. The summed E-state index contributed by atoms with van der Waals surface area (Å²) in [5.74, 6) is 0.0416. The molecule has 0 N–H and O–H groups in total. The summed E-state index contributed by atoms with van der Waals surface area (Å²) in [6.07, 6.45) is 4.28. The van der Waals surface area contributed by atoms with E-state index in [0.29, 0.717) is 23.7 Å². The van der Waals surface area contributed by atoms with Gasteiger partial charge in [-0.2, -0.15) is 4.31 Å². The number of thioether (sulfide) groups is 1. The zero-order chi connectivity index (χ0) is 20.3. The zero-order valence-corrected chi connectivity index (χ0v) is 18.1. The van der Waals surface area contributed by atoms with Crippen LogP contribution in [0.1, 0.15) is 47.7 Å². The molecular weight excluding hydrogens is 392 g/mol. The Kier molecular flexibility index (Phi) is 6.58. The maximum atomic E-state index is 12.7. The molecule has 0 spiro atoms.